The molecule has 2 N–H and O–H groups in total. The molecule has 0 spiro atoms. The Hall–Kier alpha value is -1.83. The Morgan fingerprint density at radius 3 is 3.13 bits per heavy atom. The van der Waals surface area contributed by atoms with E-state index in [0.29, 0.717) is 18.8 Å². The van der Waals surface area contributed by atoms with Crippen molar-refractivity contribution in [1.29, 1.82) is 5.26 Å². The minimum atomic E-state index is -0.551. The van der Waals surface area contributed by atoms with E-state index in [1.807, 2.05) is 13.0 Å². The van der Waals surface area contributed by atoms with Crippen LogP contribution < -0.4 is 5.32 Å². The number of hydrogen-bond acceptors (Lipinski definition) is 3. The van der Waals surface area contributed by atoms with Crippen LogP contribution in [-0.4, -0.2) is 15.9 Å². The second-order valence-corrected chi connectivity index (χ2v) is 3.22. The van der Waals surface area contributed by atoms with Crippen molar-refractivity contribution in [3.63, 3.8) is 0 Å². The third-order valence-corrected chi connectivity index (χ3v) is 2.03. The Kier molecular flexibility index (Phi) is 4.35. The van der Waals surface area contributed by atoms with Crippen LogP contribution in [0.3, 0.4) is 0 Å². The number of hydrogen-bond donors (Lipinski definition) is 2. The van der Waals surface area contributed by atoms with Gasteiger partial charge in [-0.15, -0.1) is 0 Å². The summed E-state index contributed by atoms with van der Waals surface area (Å²) in [7, 11) is 0. The smallest absolute Gasteiger partial charge is 0.237 e. The Balaban J connectivity index is 2.38. The number of imidazole rings is 1. The number of nitriles is 1. The summed E-state index contributed by atoms with van der Waals surface area (Å²) < 4.78 is 0. The van der Waals surface area contributed by atoms with Gasteiger partial charge < -0.3 is 10.3 Å². The highest BCUT2D eigenvalue weighted by molar-refractivity contribution is 5.80. The minimum absolute atomic E-state index is 0.226. The molecule has 1 amide bonds. The van der Waals surface area contributed by atoms with Gasteiger partial charge in [-0.25, -0.2) is 4.98 Å². The van der Waals surface area contributed by atoms with E-state index < -0.39 is 5.92 Å². The van der Waals surface area contributed by atoms with Gasteiger partial charge in [0.15, 0.2) is 0 Å². The second-order valence-electron chi connectivity index (χ2n) is 3.22. The zero-order valence-corrected chi connectivity index (χ0v) is 8.66. The third-order valence-electron chi connectivity index (χ3n) is 2.03. The molecule has 1 rings (SSSR count). The molecule has 1 aromatic heterocycles. The number of aromatic nitrogens is 2. The minimum Gasteiger partial charge on any atom is -0.348 e. The lowest BCUT2D eigenvalue weighted by atomic mass is 10.1. The van der Waals surface area contributed by atoms with E-state index in [-0.39, 0.29) is 5.91 Å². The molecule has 0 radical (unpaired) electrons. The number of rotatable bonds is 5. The highest BCUT2D eigenvalue weighted by atomic mass is 16.1. The first kappa shape index (κ1) is 11.2. The van der Waals surface area contributed by atoms with Gasteiger partial charge in [0.1, 0.15) is 11.7 Å². The molecule has 0 fully saturated rings. The summed E-state index contributed by atoms with van der Waals surface area (Å²) in [6, 6.07) is 1.99. The van der Waals surface area contributed by atoms with Gasteiger partial charge in [0.05, 0.1) is 12.6 Å². The number of nitrogens with one attached hydrogen (secondary N) is 2. The summed E-state index contributed by atoms with van der Waals surface area (Å²) in [6.07, 6.45) is 4.73. The zero-order valence-electron chi connectivity index (χ0n) is 8.66. The van der Waals surface area contributed by atoms with Crippen molar-refractivity contribution in [2.45, 2.75) is 26.3 Å². The molecule has 0 aliphatic carbocycles. The number of H-pyrrole nitrogens is 1. The highest BCUT2D eigenvalue weighted by Gasteiger charge is 2.16. The maximum absolute atomic E-state index is 11.5. The fourth-order valence-electron chi connectivity index (χ4n) is 1.23. The Bertz CT molecular complexity index is 339. The molecule has 1 unspecified atom stereocenters. The van der Waals surface area contributed by atoms with Crippen LogP contribution in [0.5, 0.6) is 0 Å². The molecule has 1 atom stereocenters. The summed E-state index contributed by atoms with van der Waals surface area (Å²) in [6.45, 7) is 2.29. The normalized spacial score (nSPS) is 11.7. The van der Waals surface area contributed by atoms with Crippen LogP contribution in [0.2, 0.25) is 0 Å². The molecule has 5 nitrogen and oxygen atoms in total. The van der Waals surface area contributed by atoms with Crippen LogP contribution in [0.25, 0.3) is 0 Å². The van der Waals surface area contributed by atoms with Crippen molar-refractivity contribution >= 4 is 5.91 Å². The van der Waals surface area contributed by atoms with Crippen LogP contribution in [0.4, 0.5) is 0 Å². The molecule has 0 aliphatic heterocycles. The first-order valence-electron chi connectivity index (χ1n) is 4.93. The molecule has 0 bridgehead atoms. The molecule has 1 heterocycles. The topological polar surface area (TPSA) is 81.6 Å². The van der Waals surface area contributed by atoms with Gasteiger partial charge in [0.25, 0.3) is 0 Å². The Morgan fingerprint density at radius 1 is 1.80 bits per heavy atom. The van der Waals surface area contributed by atoms with Crippen LogP contribution in [0, 0.1) is 17.2 Å². The monoisotopic (exact) mass is 206 g/mol. The standard InChI is InChI=1S/C10H14N4O/c1-2-3-8(6-11)10(15)14-7-9-12-4-5-13-9/h4-5,8H,2-3,7H2,1H3,(H,12,13)(H,14,15). The predicted molar refractivity (Wildman–Crippen MR) is 54.4 cm³/mol. The highest BCUT2D eigenvalue weighted by Crippen LogP contribution is 2.04. The number of carbonyl (C=O) groups is 1. The largest absolute Gasteiger partial charge is 0.348 e. The lowest BCUT2D eigenvalue weighted by Gasteiger charge is -2.07. The van der Waals surface area contributed by atoms with E-state index in [1.165, 1.54) is 0 Å². The SMILES string of the molecule is CCCC(C#N)C(=O)NCc1ncc[nH]1. The molecule has 80 valence electrons. The average Bonchev–Trinajstić information content (AvgIpc) is 2.75. The van der Waals surface area contributed by atoms with Gasteiger partial charge >= 0.3 is 0 Å². The van der Waals surface area contributed by atoms with Gasteiger partial charge in [-0.1, -0.05) is 13.3 Å². The number of aromatic amines is 1. The van der Waals surface area contributed by atoms with Crippen molar-refractivity contribution in [2.24, 2.45) is 5.92 Å². The fraction of sp³-hybridized carbons (Fsp3) is 0.500. The number of amides is 1. The lowest BCUT2D eigenvalue weighted by Crippen LogP contribution is -2.29. The molecule has 0 aromatic carbocycles. The van der Waals surface area contributed by atoms with Crippen molar-refractivity contribution in [2.75, 3.05) is 0 Å². The van der Waals surface area contributed by atoms with E-state index >= 15 is 0 Å². The van der Waals surface area contributed by atoms with Crippen LogP contribution in [0.15, 0.2) is 12.4 Å². The van der Waals surface area contributed by atoms with Crippen molar-refractivity contribution in [3.05, 3.63) is 18.2 Å². The zero-order chi connectivity index (χ0) is 11.1. The molecule has 0 saturated heterocycles. The fourth-order valence-corrected chi connectivity index (χ4v) is 1.23. The first-order chi connectivity index (χ1) is 7.27. The lowest BCUT2D eigenvalue weighted by molar-refractivity contribution is -0.123. The van der Waals surface area contributed by atoms with Gasteiger partial charge in [-0.2, -0.15) is 5.26 Å². The van der Waals surface area contributed by atoms with E-state index in [1.54, 1.807) is 12.4 Å². The van der Waals surface area contributed by atoms with Gasteiger partial charge in [-0.3, -0.25) is 4.79 Å². The first-order valence-corrected chi connectivity index (χ1v) is 4.93. The third kappa shape index (κ3) is 3.43. The van der Waals surface area contributed by atoms with Crippen molar-refractivity contribution in [1.82, 2.24) is 15.3 Å². The van der Waals surface area contributed by atoms with Gasteiger partial charge in [0.2, 0.25) is 5.91 Å². The molecular weight excluding hydrogens is 192 g/mol. The molecular formula is C10H14N4O. The Morgan fingerprint density at radius 2 is 2.60 bits per heavy atom. The summed E-state index contributed by atoms with van der Waals surface area (Å²) in [5.41, 5.74) is 0. The van der Waals surface area contributed by atoms with E-state index in [2.05, 4.69) is 15.3 Å². The second kappa shape index (κ2) is 5.81. The molecule has 5 heteroatoms. The number of nitrogens with zero attached hydrogens (tertiary/aromatic N) is 2. The molecule has 0 aliphatic rings. The van der Waals surface area contributed by atoms with Crippen LogP contribution in [0.1, 0.15) is 25.6 Å². The van der Waals surface area contributed by atoms with Gasteiger partial charge in [-0.05, 0) is 6.42 Å². The molecule has 0 saturated carbocycles. The van der Waals surface area contributed by atoms with Crippen LogP contribution in [-0.2, 0) is 11.3 Å². The summed E-state index contributed by atoms with van der Waals surface area (Å²) in [5.74, 6) is -0.0859. The van der Waals surface area contributed by atoms with Crippen molar-refractivity contribution in [3.8, 4) is 6.07 Å². The maximum Gasteiger partial charge on any atom is 0.237 e. The molecule has 15 heavy (non-hydrogen) atoms. The Labute approximate surface area is 88.5 Å². The summed E-state index contributed by atoms with van der Waals surface area (Å²) in [5, 5.41) is 11.4. The maximum atomic E-state index is 11.5. The van der Waals surface area contributed by atoms with E-state index in [0.717, 1.165) is 6.42 Å². The van der Waals surface area contributed by atoms with Crippen molar-refractivity contribution < 1.29 is 4.79 Å². The summed E-state index contributed by atoms with van der Waals surface area (Å²) >= 11 is 0. The van der Waals surface area contributed by atoms with E-state index in [9.17, 15) is 4.79 Å². The molecule has 1 aromatic rings. The number of carbonyl (C=O) groups excluding carboxylic acids is 1. The van der Waals surface area contributed by atoms with Crippen LogP contribution >= 0.6 is 0 Å². The van der Waals surface area contributed by atoms with E-state index in [4.69, 9.17) is 5.26 Å². The average molecular weight is 206 g/mol. The summed E-state index contributed by atoms with van der Waals surface area (Å²) in [4.78, 5) is 18.3. The predicted octanol–water partition coefficient (Wildman–Crippen LogP) is 0.966. The van der Waals surface area contributed by atoms with Gasteiger partial charge in [0, 0.05) is 12.4 Å². The quantitative estimate of drug-likeness (QED) is 0.753.